The van der Waals surface area contributed by atoms with Gasteiger partial charge in [0.05, 0.1) is 11.9 Å². The molecule has 134 valence electrons. The lowest BCUT2D eigenvalue weighted by Crippen LogP contribution is -2.08. The molecule has 4 heteroatoms. The molecule has 0 atom stereocenters. The minimum atomic E-state index is 0.147. The van der Waals surface area contributed by atoms with Gasteiger partial charge < -0.3 is 0 Å². The molecule has 0 unspecified atom stereocenters. The first-order valence-electron chi connectivity index (χ1n) is 8.82. The zero-order chi connectivity index (χ0) is 18.7. The second kappa shape index (κ2) is 7.88. The van der Waals surface area contributed by atoms with Gasteiger partial charge in [-0.1, -0.05) is 29.8 Å². The van der Waals surface area contributed by atoms with E-state index < -0.39 is 0 Å². The molecule has 0 fully saturated rings. The number of halogens is 1. The van der Waals surface area contributed by atoms with E-state index in [1.54, 1.807) is 6.92 Å². The van der Waals surface area contributed by atoms with Gasteiger partial charge in [-0.15, -0.1) is 0 Å². The summed E-state index contributed by atoms with van der Waals surface area (Å²) in [6, 6.07) is 14.0. The molecule has 3 nitrogen and oxygen atoms in total. The van der Waals surface area contributed by atoms with Crippen molar-refractivity contribution in [2.75, 3.05) is 0 Å². The third kappa shape index (κ3) is 4.05. The fourth-order valence-corrected chi connectivity index (χ4v) is 3.36. The van der Waals surface area contributed by atoms with Crippen LogP contribution in [0, 0.1) is 13.8 Å². The van der Waals surface area contributed by atoms with Crippen molar-refractivity contribution in [2.24, 2.45) is 0 Å². The summed E-state index contributed by atoms with van der Waals surface area (Å²) in [5.74, 6) is 0.147. The molecule has 0 amide bonds. The Balaban J connectivity index is 1.94. The van der Waals surface area contributed by atoms with E-state index in [9.17, 15) is 4.79 Å². The number of nitrogens with zero attached hydrogens (tertiary/aromatic N) is 2. The molecule has 0 saturated carbocycles. The van der Waals surface area contributed by atoms with Gasteiger partial charge in [0.2, 0.25) is 0 Å². The summed E-state index contributed by atoms with van der Waals surface area (Å²) in [6.07, 6.45) is 3.97. The van der Waals surface area contributed by atoms with Crippen LogP contribution in [0.5, 0.6) is 0 Å². The molecule has 3 aromatic rings. The Labute approximate surface area is 159 Å². The molecule has 2 aromatic carbocycles. The summed E-state index contributed by atoms with van der Waals surface area (Å²) >= 11 is 6.01. The number of hydrogen-bond donors (Lipinski definition) is 0. The number of aromatic nitrogens is 2. The van der Waals surface area contributed by atoms with Gasteiger partial charge in [0.15, 0.2) is 0 Å². The van der Waals surface area contributed by atoms with Crippen LogP contribution in [-0.2, 0) is 24.1 Å². The van der Waals surface area contributed by atoms with E-state index in [0.717, 1.165) is 29.8 Å². The maximum absolute atomic E-state index is 11.7. The van der Waals surface area contributed by atoms with E-state index in [1.807, 2.05) is 35.1 Å². The second-order valence-electron chi connectivity index (χ2n) is 6.74. The Morgan fingerprint density at radius 1 is 1.04 bits per heavy atom. The number of benzene rings is 2. The van der Waals surface area contributed by atoms with Crippen LogP contribution in [0.25, 0.3) is 5.69 Å². The number of Topliss-reactive ketones (excluding diaryl/α,β-unsaturated/α-hetero) is 1. The second-order valence-corrected chi connectivity index (χ2v) is 7.18. The zero-order valence-electron chi connectivity index (χ0n) is 15.4. The molecule has 0 aliphatic carbocycles. The van der Waals surface area contributed by atoms with E-state index in [4.69, 9.17) is 11.6 Å². The Morgan fingerprint density at radius 2 is 1.77 bits per heavy atom. The predicted octanol–water partition coefficient (Wildman–Crippen LogP) is 5.06. The molecule has 0 aliphatic heterocycles. The number of hydrogen-bond acceptors (Lipinski definition) is 2. The van der Waals surface area contributed by atoms with Gasteiger partial charge in [0, 0.05) is 22.7 Å². The van der Waals surface area contributed by atoms with Crippen LogP contribution in [0.15, 0.2) is 48.7 Å². The Kier molecular flexibility index (Phi) is 5.58. The first-order chi connectivity index (χ1) is 12.5. The van der Waals surface area contributed by atoms with Crippen LogP contribution < -0.4 is 0 Å². The lowest BCUT2D eigenvalue weighted by Gasteiger charge is -2.12. The fourth-order valence-electron chi connectivity index (χ4n) is 3.23. The summed E-state index contributed by atoms with van der Waals surface area (Å²) in [6.45, 7) is 5.92. The number of rotatable bonds is 6. The number of aryl methyl sites for hydroxylation is 2. The molecule has 0 radical (unpaired) electrons. The largest absolute Gasteiger partial charge is 0.300 e. The van der Waals surface area contributed by atoms with E-state index in [2.05, 4.69) is 37.1 Å². The maximum Gasteiger partial charge on any atom is 0.134 e. The average molecular weight is 367 g/mol. The Bertz CT molecular complexity index is 926. The van der Waals surface area contributed by atoms with E-state index in [-0.39, 0.29) is 5.78 Å². The van der Waals surface area contributed by atoms with Crippen LogP contribution in [0.1, 0.15) is 34.9 Å². The summed E-state index contributed by atoms with van der Waals surface area (Å²) in [5, 5.41) is 5.24. The van der Waals surface area contributed by atoms with Crippen molar-refractivity contribution >= 4 is 17.4 Å². The van der Waals surface area contributed by atoms with E-state index >= 15 is 0 Å². The molecule has 0 aliphatic rings. The fraction of sp³-hybridized carbons (Fsp3) is 0.273. The van der Waals surface area contributed by atoms with Gasteiger partial charge in [-0.3, -0.25) is 4.79 Å². The summed E-state index contributed by atoms with van der Waals surface area (Å²) in [5.41, 5.74) is 7.01. The van der Waals surface area contributed by atoms with Crippen LogP contribution in [0.3, 0.4) is 0 Å². The summed E-state index contributed by atoms with van der Waals surface area (Å²) in [4.78, 5) is 11.7. The average Bonchev–Trinajstić information content (AvgIpc) is 2.99. The van der Waals surface area contributed by atoms with Crippen molar-refractivity contribution in [3.05, 3.63) is 81.6 Å². The number of ketones is 1. The van der Waals surface area contributed by atoms with Crippen molar-refractivity contribution in [3.8, 4) is 5.69 Å². The molecular weight excluding hydrogens is 344 g/mol. The lowest BCUT2D eigenvalue weighted by molar-refractivity contribution is -0.116. The Hall–Kier alpha value is -2.39. The third-order valence-electron chi connectivity index (χ3n) is 4.81. The highest BCUT2D eigenvalue weighted by molar-refractivity contribution is 6.30. The summed E-state index contributed by atoms with van der Waals surface area (Å²) in [7, 11) is 0. The zero-order valence-corrected chi connectivity index (χ0v) is 16.2. The van der Waals surface area contributed by atoms with E-state index in [0.29, 0.717) is 11.4 Å². The van der Waals surface area contributed by atoms with Crippen LogP contribution >= 0.6 is 11.6 Å². The molecular formula is C22H23ClN2O. The van der Waals surface area contributed by atoms with Crippen molar-refractivity contribution < 1.29 is 4.79 Å². The normalized spacial score (nSPS) is 10.9. The van der Waals surface area contributed by atoms with Crippen molar-refractivity contribution in [1.29, 1.82) is 0 Å². The quantitative estimate of drug-likeness (QED) is 0.611. The molecule has 1 aromatic heterocycles. The van der Waals surface area contributed by atoms with Crippen molar-refractivity contribution in [2.45, 2.75) is 40.0 Å². The molecule has 0 bridgehead atoms. The predicted molar refractivity (Wildman–Crippen MR) is 106 cm³/mol. The maximum atomic E-state index is 11.7. The molecule has 0 saturated heterocycles. The van der Waals surface area contributed by atoms with Crippen LogP contribution in [-0.4, -0.2) is 15.6 Å². The first kappa shape index (κ1) is 18.4. The first-order valence-corrected chi connectivity index (χ1v) is 9.19. The molecule has 3 rings (SSSR count). The van der Waals surface area contributed by atoms with E-state index in [1.165, 1.54) is 16.7 Å². The topological polar surface area (TPSA) is 34.9 Å². The van der Waals surface area contributed by atoms with Gasteiger partial charge >= 0.3 is 0 Å². The van der Waals surface area contributed by atoms with Gasteiger partial charge in [-0.05, 0) is 74.6 Å². The SMILES string of the molecule is CC(=O)Cc1cnn(-c2ccc(Cl)cc2)c1CCc1cccc(C)c1C. The standard InChI is InChI=1S/C22H23ClN2O/c1-15-5-4-6-18(17(15)3)7-12-22-19(13-16(2)26)14-24-25(22)21-10-8-20(23)9-11-21/h4-6,8-11,14H,7,12-13H2,1-3H3. The van der Waals surface area contributed by atoms with Gasteiger partial charge in [-0.25, -0.2) is 4.68 Å². The molecule has 0 spiro atoms. The molecule has 26 heavy (non-hydrogen) atoms. The minimum Gasteiger partial charge on any atom is -0.300 e. The lowest BCUT2D eigenvalue weighted by atomic mass is 9.97. The highest BCUT2D eigenvalue weighted by Crippen LogP contribution is 2.21. The Morgan fingerprint density at radius 3 is 2.46 bits per heavy atom. The minimum absolute atomic E-state index is 0.147. The number of carbonyl (C=O) groups excluding carboxylic acids is 1. The van der Waals surface area contributed by atoms with Gasteiger partial charge in [-0.2, -0.15) is 5.10 Å². The van der Waals surface area contributed by atoms with Gasteiger partial charge in [0.25, 0.3) is 0 Å². The van der Waals surface area contributed by atoms with Crippen molar-refractivity contribution in [3.63, 3.8) is 0 Å². The number of carbonyl (C=O) groups is 1. The molecule has 1 heterocycles. The monoisotopic (exact) mass is 366 g/mol. The smallest absolute Gasteiger partial charge is 0.134 e. The highest BCUT2D eigenvalue weighted by Gasteiger charge is 2.14. The van der Waals surface area contributed by atoms with Crippen LogP contribution in [0.4, 0.5) is 0 Å². The summed E-state index contributed by atoms with van der Waals surface area (Å²) < 4.78 is 1.93. The van der Waals surface area contributed by atoms with Crippen molar-refractivity contribution in [1.82, 2.24) is 9.78 Å². The van der Waals surface area contributed by atoms with Crippen LogP contribution in [0.2, 0.25) is 5.02 Å². The highest BCUT2D eigenvalue weighted by atomic mass is 35.5. The molecule has 0 N–H and O–H groups in total. The third-order valence-corrected chi connectivity index (χ3v) is 5.07. The van der Waals surface area contributed by atoms with Gasteiger partial charge in [0.1, 0.15) is 5.78 Å².